The number of ether oxygens (including phenoxy) is 1. The Bertz CT molecular complexity index is 1320. The van der Waals surface area contributed by atoms with Crippen LogP contribution in [0.4, 0.5) is 0 Å². The van der Waals surface area contributed by atoms with E-state index in [-0.39, 0.29) is 18.6 Å². The molecule has 1 amide bonds. The Hall–Kier alpha value is -3.07. The van der Waals surface area contributed by atoms with Crippen LogP contribution in [0.15, 0.2) is 54.6 Å². The molecule has 8 heteroatoms. The van der Waals surface area contributed by atoms with Gasteiger partial charge in [-0.3, -0.25) is 4.79 Å². The zero-order valence-electron chi connectivity index (χ0n) is 22.1. The monoisotopic (exact) mass is 521 g/mol. The minimum Gasteiger partial charge on any atom is -0.497 e. The minimum atomic E-state index is -1.31. The van der Waals surface area contributed by atoms with E-state index in [1.807, 2.05) is 74.5 Å². The van der Waals surface area contributed by atoms with Crippen LogP contribution in [0, 0.1) is 0 Å². The van der Waals surface area contributed by atoms with E-state index in [0.717, 1.165) is 33.6 Å². The summed E-state index contributed by atoms with van der Waals surface area (Å²) in [4.78, 5) is 17.7. The second-order valence-electron chi connectivity index (χ2n) is 10.1. The van der Waals surface area contributed by atoms with Crippen LogP contribution in [0.2, 0.25) is 0 Å². The molecule has 37 heavy (non-hydrogen) atoms. The van der Waals surface area contributed by atoms with Gasteiger partial charge in [-0.25, -0.2) is 13.5 Å². The number of nitrogens with one attached hydrogen (secondary N) is 1. The highest BCUT2D eigenvalue weighted by molar-refractivity contribution is 7.84. The van der Waals surface area contributed by atoms with E-state index in [2.05, 4.69) is 11.4 Å². The molecule has 2 atom stereocenters. The fourth-order valence-corrected chi connectivity index (χ4v) is 6.11. The van der Waals surface area contributed by atoms with Gasteiger partial charge in [-0.1, -0.05) is 30.3 Å². The molecule has 1 aliphatic rings. The fourth-order valence-electron chi connectivity index (χ4n) is 4.71. The first-order chi connectivity index (χ1) is 17.7. The smallest absolute Gasteiger partial charge is 0.269 e. The maximum absolute atomic E-state index is 13.5. The van der Waals surface area contributed by atoms with Gasteiger partial charge in [-0.15, -0.1) is 0 Å². The number of carbonyl (C=O) groups is 1. The van der Waals surface area contributed by atoms with Gasteiger partial charge in [0, 0.05) is 30.8 Å². The summed E-state index contributed by atoms with van der Waals surface area (Å²) in [5.41, 5.74) is 5.68. The standard InChI is InChI=1S/C29H35N3O4S/c1-6-30-28(34)24-17-22-18-32(37(35)29(2,3)4)25(13-14-33)26(22)27(31-24)21-11-7-9-19(15-21)20-10-8-12-23(16-20)36-5/h7-12,15-17,25,33H,6,13-14,18H2,1-5H3,(H,30,34)/t25-,37-/m0/s1. The number of nitrogens with zero attached hydrogens (tertiary/aromatic N) is 2. The number of amides is 1. The quantitative estimate of drug-likeness (QED) is 0.441. The number of aromatic nitrogens is 1. The molecule has 1 aromatic heterocycles. The topological polar surface area (TPSA) is 91.8 Å². The van der Waals surface area contributed by atoms with E-state index in [1.54, 1.807) is 13.2 Å². The molecule has 3 aromatic rings. The van der Waals surface area contributed by atoms with E-state index in [4.69, 9.17) is 9.72 Å². The molecule has 4 rings (SSSR count). The van der Waals surface area contributed by atoms with E-state index < -0.39 is 15.7 Å². The second kappa shape index (κ2) is 11.1. The first-order valence-corrected chi connectivity index (χ1v) is 13.6. The minimum absolute atomic E-state index is 0.0523. The van der Waals surface area contributed by atoms with Crippen molar-refractivity contribution in [2.24, 2.45) is 0 Å². The number of benzene rings is 2. The average molecular weight is 522 g/mol. The molecule has 0 radical (unpaired) electrons. The number of methoxy groups -OCH3 is 1. The van der Waals surface area contributed by atoms with Crippen LogP contribution in [0.3, 0.4) is 0 Å². The van der Waals surface area contributed by atoms with Crippen molar-refractivity contribution in [3.8, 4) is 28.1 Å². The van der Waals surface area contributed by atoms with Gasteiger partial charge < -0.3 is 15.2 Å². The van der Waals surface area contributed by atoms with Crippen LogP contribution in [0.25, 0.3) is 22.4 Å². The van der Waals surface area contributed by atoms with Gasteiger partial charge in [0.05, 0.1) is 23.6 Å². The number of carbonyl (C=O) groups excluding carboxylic acids is 1. The van der Waals surface area contributed by atoms with Crippen molar-refractivity contribution in [3.63, 3.8) is 0 Å². The molecule has 1 aliphatic heterocycles. The fraction of sp³-hybridized carbons (Fsp3) is 0.379. The Morgan fingerprint density at radius 2 is 1.81 bits per heavy atom. The van der Waals surface area contributed by atoms with Crippen LogP contribution in [0.5, 0.6) is 5.75 Å². The lowest BCUT2D eigenvalue weighted by molar-refractivity contribution is 0.0951. The number of aliphatic hydroxyl groups is 1. The number of aliphatic hydroxyl groups excluding tert-OH is 1. The lowest BCUT2D eigenvalue weighted by Crippen LogP contribution is -2.36. The van der Waals surface area contributed by atoms with Crippen molar-refractivity contribution in [2.45, 2.75) is 51.4 Å². The van der Waals surface area contributed by atoms with Gasteiger partial charge in [-0.2, -0.15) is 0 Å². The summed E-state index contributed by atoms with van der Waals surface area (Å²) in [6.07, 6.45) is 0.416. The second-order valence-corrected chi connectivity index (χ2v) is 12.3. The van der Waals surface area contributed by atoms with Crippen molar-refractivity contribution in [1.82, 2.24) is 14.6 Å². The number of pyridine rings is 1. The van der Waals surface area contributed by atoms with Gasteiger partial charge in [0.25, 0.3) is 5.91 Å². The average Bonchev–Trinajstić information content (AvgIpc) is 3.25. The molecule has 0 bridgehead atoms. The summed E-state index contributed by atoms with van der Waals surface area (Å²) in [6.45, 7) is 8.56. The summed E-state index contributed by atoms with van der Waals surface area (Å²) >= 11 is 0. The van der Waals surface area contributed by atoms with E-state index >= 15 is 0 Å². The van der Waals surface area contributed by atoms with Crippen molar-refractivity contribution >= 4 is 16.9 Å². The van der Waals surface area contributed by atoms with Gasteiger partial charge in [0.2, 0.25) is 0 Å². The van der Waals surface area contributed by atoms with Crippen LogP contribution in [-0.2, 0) is 17.5 Å². The van der Waals surface area contributed by atoms with E-state index in [1.165, 1.54) is 0 Å². The Kier molecular flexibility index (Phi) is 8.11. The lowest BCUT2D eigenvalue weighted by atomic mass is 9.94. The van der Waals surface area contributed by atoms with Crippen molar-refractivity contribution in [1.29, 1.82) is 0 Å². The molecule has 196 valence electrons. The zero-order valence-corrected chi connectivity index (χ0v) is 22.9. The zero-order chi connectivity index (χ0) is 26.7. The molecule has 0 saturated carbocycles. The Morgan fingerprint density at radius 1 is 1.14 bits per heavy atom. The van der Waals surface area contributed by atoms with Crippen molar-refractivity contribution < 1.29 is 18.8 Å². The van der Waals surface area contributed by atoms with Gasteiger partial charge in [0.1, 0.15) is 22.4 Å². The van der Waals surface area contributed by atoms with Gasteiger partial charge in [0.15, 0.2) is 0 Å². The normalized spacial score (nSPS) is 16.3. The molecular weight excluding hydrogens is 486 g/mol. The third-order valence-electron chi connectivity index (χ3n) is 6.40. The predicted octanol–water partition coefficient (Wildman–Crippen LogP) is 4.88. The predicted molar refractivity (Wildman–Crippen MR) is 148 cm³/mol. The Morgan fingerprint density at radius 3 is 2.46 bits per heavy atom. The Labute approximate surface area is 221 Å². The van der Waals surface area contributed by atoms with Crippen LogP contribution in [-0.4, -0.2) is 49.5 Å². The Balaban J connectivity index is 1.89. The van der Waals surface area contributed by atoms with Crippen LogP contribution >= 0.6 is 0 Å². The molecule has 2 heterocycles. The van der Waals surface area contributed by atoms with Crippen LogP contribution in [0.1, 0.15) is 61.8 Å². The van der Waals surface area contributed by atoms with Crippen LogP contribution < -0.4 is 10.1 Å². The van der Waals surface area contributed by atoms with Crippen molar-refractivity contribution in [3.05, 3.63) is 71.4 Å². The molecule has 2 N–H and O–H groups in total. The summed E-state index contributed by atoms with van der Waals surface area (Å²) in [6, 6.07) is 17.4. The lowest BCUT2D eigenvalue weighted by Gasteiger charge is -2.30. The number of rotatable bonds is 8. The number of hydrogen-bond donors (Lipinski definition) is 2. The summed E-state index contributed by atoms with van der Waals surface area (Å²) in [5, 5.41) is 12.8. The maximum Gasteiger partial charge on any atom is 0.269 e. The molecule has 0 unspecified atom stereocenters. The summed E-state index contributed by atoms with van der Waals surface area (Å²) in [7, 11) is 0.329. The number of fused-ring (bicyclic) bond motifs is 1. The highest BCUT2D eigenvalue weighted by Crippen LogP contribution is 2.44. The van der Waals surface area contributed by atoms with Gasteiger partial charge in [-0.05, 0) is 75.1 Å². The first kappa shape index (κ1) is 27.0. The highest BCUT2D eigenvalue weighted by Gasteiger charge is 2.40. The first-order valence-electron chi connectivity index (χ1n) is 12.5. The molecule has 7 nitrogen and oxygen atoms in total. The summed E-state index contributed by atoms with van der Waals surface area (Å²) < 4.78 is 20.4. The molecular formula is C29H35N3O4S. The van der Waals surface area contributed by atoms with E-state index in [0.29, 0.717) is 30.9 Å². The molecule has 0 saturated heterocycles. The summed E-state index contributed by atoms with van der Waals surface area (Å²) in [5.74, 6) is 0.521. The molecule has 0 fully saturated rings. The maximum atomic E-state index is 13.5. The SMILES string of the molecule is CCNC(=O)c1cc2c(c(-c3cccc(-c4cccc(OC)c4)c3)n1)[C@H](CCO)N([S@@](=O)C(C)(C)C)C2. The molecule has 0 spiro atoms. The largest absolute Gasteiger partial charge is 0.497 e. The van der Waals surface area contributed by atoms with Crippen molar-refractivity contribution in [2.75, 3.05) is 20.3 Å². The highest BCUT2D eigenvalue weighted by atomic mass is 32.2. The van der Waals surface area contributed by atoms with E-state index in [9.17, 15) is 14.1 Å². The third-order valence-corrected chi connectivity index (χ3v) is 8.26. The van der Waals surface area contributed by atoms with Gasteiger partial charge >= 0.3 is 0 Å². The third kappa shape index (κ3) is 5.61. The number of hydrogen-bond acceptors (Lipinski definition) is 5. The molecule has 0 aliphatic carbocycles. The molecule has 2 aromatic carbocycles.